The van der Waals surface area contributed by atoms with Gasteiger partial charge < -0.3 is 19.8 Å². The number of hydrogen-bond acceptors (Lipinski definition) is 5. The highest BCUT2D eigenvalue weighted by Gasteiger charge is 2.08. The van der Waals surface area contributed by atoms with Gasteiger partial charge in [0.15, 0.2) is 0 Å². The Kier molecular flexibility index (Phi) is 7.54. The molecule has 2 N–H and O–H groups in total. The number of aryl methyl sites for hydroxylation is 1. The summed E-state index contributed by atoms with van der Waals surface area (Å²) >= 11 is 0. The summed E-state index contributed by atoms with van der Waals surface area (Å²) in [6.45, 7) is 3.29. The zero-order valence-electron chi connectivity index (χ0n) is 16.9. The lowest BCUT2D eigenvalue weighted by Crippen LogP contribution is -2.15. The van der Waals surface area contributed by atoms with Crippen LogP contribution in [0.4, 0.5) is 5.69 Å². The molecule has 0 spiro atoms. The summed E-state index contributed by atoms with van der Waals surface area (Å²) in [6, 6.07) is 14.3. The van der Waals surface area contributed by atoms with Crippen molar-refractivity contribution in [1.29, 1.82) is 0 Å². The first-order valence-corrected chi connectivity index (χ1v) is 8.94. The summed E-state index contributed by atoms with van der Waals surface area (Å²) in [6.07, 6.45) is -0.113. The molecule has 3 rings (SSSR count). The number of carbonyl (C=O) groups excluding carboxylic acids is 2. The number of methoxy groups -OCH3 is 2. The van der Waals surface area contributed by atoms with Crippen molar-refractivity contribution in [3.05, 3.63) is 64.4 Å². The Balaban J connectivity index is 0.000000207. The van der Waals surface area contributed by atoms with Crippen LogP contribution in [-0.4, -0.2) is 30.9 Å². The number of fused-ring (bicyclic) bond motifs is 1. The summed E-state index contributed by atoms with van der Waals surface area (Å²) in [4.78, 5) is 36.0. The average molecular weight is 396 g/mol. The van der Waals surface area contributed by atoms with Gasteiger partial charge in [0.2, 0.25) is 11.5 Å². The third kappa shape index (κ3) is 5.93. The maximum absolute atomic E-state index is 11.3. The van der Waals surface area contributed by atoms with E-state index in [2.05, 4.69) is 10.3 Å². The highest BCUT2D eigenvalue weighted by atomic mass is 16.5. The third-order valence-corrected chi connectivity index (χ3v) is 4.06. The molecule has 0 fully saturated rings. The molecule has 3 aromatic rings. The van der Waals surface area contributed by atoms with Crippen molar-refractivity contribution >= 4 is 28.3 Å². The van der Waals surface area contributed by atoms with Crippen LogP contribution in [0.3, 0.4) is 0 Å². The lowest BCUT2D eigenvalue weighted by molar-refractivity contribution is -0.124. The van der Waals surface area contributed by atoms with E-state index in [1.54, 1.807) is 37.4 Å². The van der Waals surface area contributed by atoms with E-state index in [0.29, 0.717) is 17.2 Å². The first kappa shape index (κ1) is 21.7. The molecular weight excluding hydrogens is 372 g/mol. The third-order valence-electron chi connectivity index (χ3n) is 4.06. The Morgan fingerprint density at radius 1 is 1.00 bits per heavy atom. The summed E-state index contributed by atoms with van der Waals surface area (Å²) in [5, 5.41) is 3.63. The number of ketones is 1. The number of hydrogen-bond donors (Lipinski definition) is 2. The number of para-hydroxylation sites is 3. The minimum Gasteiger partial charge on any atom is -0.495 e. The number of anilines is 1. The van der Waals surface area contributed by atoms with Crippen LogP contribution in [0.1, 0.15) is 18.9 Å². The van der Waals surface area contributed by atoms with Crippen LogP contribution < -0.4 is 20.3 Å². The van der Waals surface area contributed by atoms with Gasteiger partial charge in [-0.25, -0.2) is 0 Å². The van der Waals surface area contributed by atoms with Crippen LogP contribution in [0.15, 0.2) is 53.3 Å². The fraction of sp³-hybridized carbons (Fsp3) is 0.227. The van der Waals surface area contributed by atoms with Crippen molar-refractivity contribution in [2.75, 3.05) is 19.5 Å². The smallest absolute Gasteiger partial charge is 0.248 e. The highest BCUT2D eigenvalue weighted by Crippen LogP contribution is 2.24. The van der Waals surface area contributed by atoms with E-state index in [1.807, 2.05) is 25.1 Å². The topological polar surface area (TPSA) is 97.5 Å². The molecule has 0 saturated heterocycles. The number of ether oxygens (including phenoxy) is 2. The lowest BCUT2D eigenvalue weighted by Gasteiger charge is -2.08. The van der Waals surface area contributed by atoms with E-state index >= 15 is 0 Å². The maximum atomic E-state index is 11.3. The van der Waals surface area contributed by atoms with Gasteiger partial charge in [-0.2, -0.15) is 0 Å². The number of aromatic nitrogens is 1. The number of benzene rings is 2. The predicted octanol–water partition coefficient (Wildman–Crippen LogP) is 3.46. The molecule has 1 aromatic heterocycles. The number of pyridine rings is 1. The SMILES string of the molecule is COc1cccc2c(C)cc(=O)[nH]c12.COc1ccccc1NC(=O)CC(C)=O. The fourth-order valence-corrected chi connectivity index (χ4v) is 2.76. The molecule has 2 aromatic carbocycles. The van der Waals surface area contributed by atoms with Gasteiger partial charge in [0.25, 0.3) is 0 Å². The molecule has 0 aliphatic rings. The van der Waals surface area contributed by atoms with Gasteiger partial charge in [-0.3, -0.25) is 14.4 Å². The van der Waals surface area contributed by atoms with Crippen LogP contribution in [0, 0.1) is 6.92 Å². The lowest BCUT2D eigenvalue weighted by atomic mass is 10.1. The number of Topliss-reactive ketones (excluding diaryl/α,β-unsaturated/α-hetero) is 1. The van der Waals surface area contributed by atoms with Gasteiger partial charge in [0.1, 0.15) is 17.3 Å². The molecule has 0 aliphatic heterocycles. The van der Waals surface area contributed by atoms with Gasteiger partial charge in [0.05, 0.1) is 31.8 Å². The van der Waals surface area contributed by atoms with Crippen LogP contribution in [-0.2, 0) is 9.59 Å². The fourth-order valence-electron chi connectivity index (χ4n) is 2.76. The maximum Gasteiger partial charge on any atom is 0.248 e. The molecule has 29 heavy (non-hydrogen) atoms. The highest BCUT2D eigenvalue weighted by molar-refractivity contribution is 6.04. The first-order chi connectivity index (χ1) is 13.8. The summed E-state index contributed by atoms with van der Waals surface area (Å²) in [7, 11) is 3.12. The number of H-pyrrole nitrogens is 1. The standard InChI is InChI=1S/C11H13NO3.C11H11NO2/c1-8(13)7-11(14)12-9-5-3-4-6-10(9)15-2;1-7-6-10(13)12-11-8(7)4-3-5-9(11)14-2/h3-6H,7H2,1-2H3,(H,12,14);3-6H,1-2H3,(H,12,13). The van der Waals surface area contributed by atoms with Crippen molar-refractivity contribution < 1.29 is 19.1 Å². The van der Waals surface area contributed by atoms with Gasteiger partial charge in [0, 0.05) is 11.5 Å². The number of carbonyl (C=O) groups is 2. The molecule has 152 valence electrons. The molecule has 7 heteroatoms. The first-order valence-electron chi connectivity index (χ1n) is 8.94. The van der Waals surface area contributed by atoms with E-state index in [-0.39, 0.29) is 23.7 Å². The van der Waals surface area contributed by atoms with Crippen molar-refractivity contribution in [2.45, 2.75) is 20.3 Å². The van der Waals surface area contributed by atoms with E-state index in [1.165, 1.54) is 14.0 Å². The normalized spacial score (nSPS) is 9.93. The largest absolute Gasteiger partial charge is 0.495 e. The Labute approximate surface area is 168 Å². The van der Waals surface area contributed by atoms with E-state index in [0.717, 1.165) is 16.5 Å². The molecule has 0 bridgehead atoms. The summed E-state index contributed by atoms with van der Waals surface area (Å²) in [5.41, 5.74) is 2.20. The Morgan fingerprint density at radius 2 is 1.66 bits per heavy atom. The van der Waals surface area contributed by atoms with Gasteiger partial charge in [-0.05, 0) is 37.6 Å². The van der Waals surface area contributed by atoms with E-state index in [9.17, 15) is 14.4 Å². The van der Waals surface area contributed by atoms with Gasteiger partial charge in [-0.15, -0.1) is 0 Å². The number of amides is 1. The predicted molar refractivity (Wildman–Crippen MR) is 113 cm³/mol. The number of rotatable bonds is 5. The minimum absolute atomic E-state index is 0.0977. The molecule has 0 unspecified atom stereocenters. The molecule has 0 radical (unpaired) electrons. The zero-order valence-corrected chi connectivity index (χ0v) is 16.9. The summed E-state index contributed by atoms with van der Waals surface area (Å²) < 4.78 is 10.2. The quantitative estimate of drug-likeness (QED) is 0.644. The molecule has 7 nitrogen and oxygen atoms in total. The molecule has 0 aliphatic carbocycles. The van der Waals surface area contributed by atoms with E-state index < -0.39 is 0 Å². The van der Waals surface area contributed by atoms with Crippen molar-refractivity contribution in [2.24, 2.45) is 0 Å². The van der Waals surface area contributed by atoms with Crippen LogP contribution in [0.2, 0.25) is 0 Å². The van der Waals surface area contributed by atoms with Crippen LogP contribution in [0.25, 0.3) is 10.9 Å². The van der Waals surface area contributed by atoms with Crippen LogP contribution >= 0.6 is 0 Å². The van der Waals surface area contributed by atoms with Crippen molar-refractivity contribution in [3.63, 3.8) is 0 Å². The molecule has 0 saturated carbocycles. The van der Waals surface area contributed by atoms with Crippen LogP contribution in [0.5, 0.6) is 11.5 Å². The molecule has 1 heterocycles. The van der Waals surface area contributed by atoms with Crippen molar-refractivity contribution in [1.82, 2.24) is 4.98 Å². The average Bonchev–Trinajstić information content (AvgIpc) is 2.67. The van der Waals surface area contributed by atoms with Gasteiger partial charge in [-0.1, -0.05) is 24.3 Å². The summed E-state index contributed by atoms with van der Waals surface area (Å²) in [5.74, 6) is 0.784. The number of nitrogens with one attached hydrogen (secondary N) is 2. The second-order valence-electron chi connectivity index (χ2n) is 6.33. The van der Waals surface area contributed by atoms with E-state index in [4.69, 9.17) is 9.47 Å². The van der Waals surface area contributed by atoms with Gasteiger partial charge >= 0.3 is 0 Å². The zero-order chi connectivity index (χ0) is 21.4. The second kappa shape index (κ2) is 10.1. The molecule has 0 atom stereocenters. The van der Waals surface area contributed by atoms with Crippen molar-refractivity contribution in [3.8, 4) is 11.5 Å². The monoisotopic (exact) mass is 396 g/mol. The minimum atomic E-state index is -0.327. The Bertz CT molecular complexity index is 1070. The Hall–Kier alpha value is -3.61. The Morgan fingerprint density at radius 3 is 2.31 bits per heavy atom. The second-order valence-corrected chi connectivity index (χ2v) is 6.33. The molecular formula is C22H24N2O5. The molecule has 1 amide bonds. The number of aromatic amines is 1.